The third-order valence-electron chi connectivity index (χ3n) is 2.18. The maximum absolute atomic E-state index is 5.68. The Bertz CT molecular complexity index is 500. The van der Waals surface area contributed by atoms with Gasteiger partial charge in [-0.2, -0.15) is 4.98 Å². The zero-order chi connectivity index (χ0) is 11.7. The number of ether oxygens (including phenoxy) is 1. The van der Waals surface area contributed by atoms with Crippen molar-refractivity contribution in [2.24, 2.45) is 0 Å². The van der Waals surface area contributed by atoms with E-state index in [0.717, 1.165) is 5.56 Å². The molecule has 0 saturated carbocycles. The van der Waals surface area contributed by atoms with Gasteiger partial charge in [0.2, 0.25) is 5.88 Å². The van der Waals surface area contributed by atoms with E-state index in [1.165, 1.54) is 0 Å². The molecule has 0 aromatic carbocycles. The summed E-state index contributed by atoms with van der Waals surface area (Å²) in [6, 6.07) is 1.71. The Morgan fingerprint density at radius 2 is 2.06 bits per heavy atom. The lowest BCUT2D eigenvalue weighted by Crippen LogP contribution is -2.03. The number of nitrogens with two attached hydrogens (primary N) is 1. The van der Waals surface area contributed by atoms with Gasteiger partial charge in [0.25, 0.3) is 0 Å². The highest BCUT2D eigenvalue weighted by Gasteiger charge is 2.07. The van der Waals surface area contributed by atoms with Gasteiger partial charge in [0.05, 0.1) is 7.11 Å². The second-order valence-electron chi connectivity index (χ2n) is 3.46. The molecule has 0 unspecified atom stereocenters. The summed E-state index contributed by atoms with van der Waals surface area (Å²) < 4.78 is 6.68. The highest BCUT2D eigenvalue weighted by molar-refractivity contribution is 5.39. The van der Waals surface area contributed by atoms with Crippen molar-refractivity contribution in [2.45, 2.75) is 13.8 Å². The van der Waals surface area contributed by atoms with Gasteiger partial charge >= 0.3 is 0 Å². The topological polar surface area (TPSA) is 78.9 Å². The second-order valence-corrected chi connectivity index (χ2v) is 3.46. The third kappa shape index (κ3) is 1.81. The lowest BCUT2D eigenvalue weighted by molar-refractivity contribution is 0.395. The summed E-state index contributed by atoms with van der Waals surface area (Å²) in [6.45, 7) is 3.69. The van der Waals surface area contributed by atoms with Crippen LogP contribution in [0, 0.1) is 13.8 Å². The van der Waals surface area contributed by atoms with Crippen LogP contribution in [-0.4, -0.2) is 26.9 Å². The van der Waals surface area contributed by atoms with Gasteiger partial charge in [-0.25, -0.2) is 9.67 Å². The fraction of sp³-hybridized carbons (Fsp3) is 0.300. The average Bonchev–Trinajstić information content (AvgIpc) is 2.58. The first-order chi connectivity index (χ1) is 7.60. The highest BCUT2D eigenvalue weighted by Crippen LogP contribution is 2.15. The van der Waals surface area contributed by atoms with Crippen molar-refractivity contribution in [3.63, 3.8) is 0 Å². The van der Waals surface area contributed by atoms with E-state index in [0.29, 0.717) is 23.3 Å². The minimum absolute atomic E-state index is 0.496. The number of hydrogen-bond donors (Lipinski definition) is 1. The van der Waals surface area contributed by atoms with Crippen LogP contribution >= 0.6 is 0 Å². The number of hydrogen-bond acceptors (Lipinski definition) is 5. The molecule has 16 heavy (non-hydrogen) atoms. The van der Waals surface area contributed by atoms with Crippen LogP contribution in [-0.2, 0) is 0 Å². The molecule has 0 spiro atoms. The van der Waals surface area contributed by atoms with Gasteiger partial charge < -0.3 is 10.5 Å². The van der Waals surface area contributed by atoms with Gasteiger partial charge in [0, 0.05) is 17.8 Å². The van der Waals surface area contributed by atoms with Gasteiger partial charge in [-0.1, -0.05) is 0 Å². The van der Waals surface area contributed by atoms with Crippen molar-refractivity contribution in [1.82, 2.24) is 19.7 Å². The Morgan fingerprint density at radius 1 is 1.31 bits per heavy atom. The van der Waals surface area contributed by atoms with Crippen molar-refractivity contribution in [1.29, 1.82) is 0 Å². The van der Waals surface area contributed by atoms with Crippen LogP contribution in [0.15, 0.2) is 12.3 Å². The second kappa shape index (κ2) is 3.80. The number of nitrogens with zero attached hydrogens (tertiary/aromatic N) is 4. The fourth-order valence-electron chi connectivity index (χ4n) is 1.34. The highest BCUT2D eigenvalue weighted by atomic mass is 16.5. The Morgan fingerprint density at radius 3 is 2.62 bits per heavy atom. The summed E-state index contributed by atoms with van der Waals surface area (Å²) in [5.74, 6) is 2.27. The number of anilines is 1. The molecule has 0 atom stereocenters. The van der Waals surface area contributed by atoms with Crippen molar-refractivity contribution in [2.75, 3.05) is 12.8 Å². The molecule has 0 aliphatic heterocycles. The molecular formula is C10H13N5O. The fourth-order valence-corrected chi connectivity index (χ4v) is 1.34. The Kier molecular flexibility index (Phi) is 2.47. The van der Waals surface area contributed by atoms with E-state index in [-0.39, 0.29) is 0 Å². The summed E-state index contributed by atoms with van der Waals surface area (Å²) in [5, 5.41) is 4.15. The van der Waals surface area contributed by atoms with Crippen LogP contribution in [0.3, 0.4) is 0 Å². The first kappa shape index (κ1) is 10.4. The van der Waals surface area contributed by atoms with Crippen LogP contribution in [0.5, 0.6) is 5.88 Å². The Hall–Kier alpha value is -2.11. The van der Waals surface area contributed by atoms with E-state index in [4.69, 9.17) is 10.5 Å². The minimum atomic E-state index is 0.496. The van der Waals surface area contributed by atoms with Gasteiger partial charge in [0.15, 0.2) is 5.82 Å². The van der Waals surface area contributed by atoms with Crippen LogP contribution in [0.25, 0.3) is 5.82 Å². The van der Waals surface area contributed by atoms with Gasteiger partial charge in [-0.15, -0.1) is 5.10 Å². The standard InChI is InChI=1S/C10H13N5O/c1-6-5-15(14-10(6)11)8-4-9(16-3)13-7(2)12-8/h4-5H,1-3H3,(H2,11,14). The maximum Gasteiger partial charge on any atom is 0.218 e. The molecule has 0 radical (unpaired) electrons. The van der Waals surface area contributed by atoms with Crippen molar-refractivity contribution in [3.8, 4) is 11.7 Å². The number of methoxy groups -OCH3 is 1. The van der Waals surface area contributed by atoms with E-state index in [1.807, 2.05) is 13.1 Å². The molecule has 2 aromatic heterocycles. The van der Waals surface area contributed by atoms with E-state index >= 15 is 0 Å². The van der Waals surface area contributed by atoms with Crippen molar-refractivity contribution >= 4 is 5.82 Å². The first-order valence-corrected chi connectivity index (χ1v) is 4.82. The Balaban J connectivity index is 2.50. The number of aromatic nitrogens is 4. The maximum atomic E-state index is 5.68. The summed E-state index contributed by atoms with van der Waals surface area (Å²) in [6.07, 6.45) is 1.82. The molecule has 6 heteroatoms. The van der Waals surface area contributed by atoms with E-state index in [9.17, 15) is 0 Å². The molecule has 0 saturated heterocycles. The van der Waals surface area contributed by atoms with Crippen LogP contribution in [0.4, 0.5) is 5.82 Å². The zero-order valence-electron chi connectivity index (χ0n) is 9.43. The normalized spacial score (nSPS) is 10.4. The lowest BCUT2D eigenvalue weighted by atomic mass is 10.4. The molecule has 0 aliphatic rings. The summed E-state index contributed by atoms with van der Waals surface area (Å²) >= 11 is 0. The quantitative estimate of drug-likeness (QED) is 0.810. The molecular weight excluding hydrogens is 206 g/mol. The van der Waals surface area contributed by atoms with E-state index in [2.05, 4.69) is 15.1 Å². The Labute approximate surface area is 93.1 Å². The lowest BCUT2D eigenvalue weighted by Gasteiger charge is -2.04. The zero-order valence-corrected chi connectivity index (χ0v) is 9.43. The van der Waals surface area contributed by atoms with E-state index < -0.39 is 0 Å². The van der Waals surface area contributed by atoms with Crippen molar-refractivity contribution < 1.29 is 4.74 Å². The smallest absolute Gasteiger partial charge is 0.218 e. The van der Waals surface area contributed by atoms with Crippen LogP contribution < -0.4 is 10.5 Å². The molecule has 6 nitrogen and oxygen atoms in total. The molecule has 2 aromatic rings. The van der Waals surface area contributed by atoms with Crippen molar-refractivity contribution in [3.05, 3.63) is 23.7 Å². The summed E-state index contributed by atoms with van der Waals surface area (Å²) in [7, 11) is 1.56. The molecule has 0 fully saturated rings. The first-order valence-electron chi connectivity index (χ1n) is 4.82. The molecule has 0 bridgehead atoms. The molecule has 0 amide bonds. The van der Waals surface area contributed by atoms with Gasteiger partial charge in [-0.3, -0.25) is 0 Å². The SMILES string of the molecule is COc1cc(-n2cc(C)c(N)n2)nc(C)n1. The molecule has 2 rings (SSSR count). The summed E-state index contributed by atoms with van der Waals surface area (Å²) in [5.41, 5.74) is 6.59. The van der Waals surface area contributed by atoms with Crippen LogP contribution in [0.2, 0.25) is 0 Å². The number of aryl methyl sites for hydroxylation is 2. The van der Waals surface area contributed by atoms with Gasteiger partial charge in [0.1, 0.15) is 11.6 Å². The monoisotopic (exact) mass is 219 g/mol. The minimum Gasteiger partial charge on any atom is -0.481 e. The predicted molar refractivity (Wildman–Crippen MR) is 59.6 cm³/mol. The van der Waals surface area contributed by atoms with E-state index in [1.54, 1.807) is 24.8 Å². The largest absolute Gasteiger partial charge is 0.481 e. The molecule has 2 heterocycles. The molecule has 2 N–H and O–H groups in total. The van der Waals surface area contributed by atoms with Crippen LogP contribution in [0.1, 0.15) is 11.4 Å². The molecule has 0 aliphatic carbocycles. The summed E-state index contributed by atoms with van der Waals surface area (Å²) in [4.78, 5) is 8.36. The number of nitrogen functional groups attached to an aromatic ring is 1. The van der Waals surface area contributed by atoms with Gasteiger partial charge in [-0.05, 0) is 13.8 Å². The molecule has 84 valence electrons. The average molecular weight is 219 g/mol. The predicted octanol–water partition coefficient (Wildman–Crippen LogP) is 0.870. The third-order valence-corrected chi connectivity index (χ3v) is 2.18. The number of rotatable bonds is 2.